The quantitative estimate of drug-likeness (QED) is 0.932. The number of benzene rings is 1. The molecule has 2 rings (SSSR count). The molecule has 20 heavy (non-hydrogen) atoms. The van der Waals surface area contributed by atoms with Crippen LogP contribution in [0.2, 0.25) is 0 Å². The summed E-state index contributed by atoms with van der Waals surface area (Å²) < 4.78 is 7.65. The summed E-state index contributed by atoms with van der Waals surface area (Å²) in [7, 11) is 3.45. The van der Waals surface area contributed by atoms with Gasteiger partial charge in [0.2, 0.25) is 0 Å². The highest BCUT2D eigenvalue weighted by Gasteiger charge is 2.12. The zero-order chi connectivity index (χ0) is 14.7. The predicted octanol–water partition coefficient (Wildman–Crippen LogP) is 2.43. The summed E-state index contributed by atoms with van der Waals surface area (Å²) in [6, 6.07) is 5.30. The van der Waals surface area contributed by atoms with E-state index in [4.69, 9.17) is 4.74 Å². The van der Waals surface area contributed by atoms with Crippen molar-refractivity contribution >= 4 is 21.8 Å². The Morgan fingerprint density at radius 3 is 2.85 bits per heavy atom. The van der Waals surface area contributed by atoms with Crippen LogP contribution in [-0.4, -0.2) is 22.8 Å². The molecule has 0 fully saturated rings. The summed E-state index contributed by atoms with van der Waals surface area (Å²) in [6.45, 7) is 2.41. The zero-order valence-electron chi connectivity index (χ0n) is 11.6. The van der Waals surface area contributed by atoms with Crippen LogP contribution in [0.1, 0.15) is 21.6 Å². The largest absolute Gasteiger partial charge is 0.497 e. The first-order valence-corrected chi connectivity index (χ1v) is 6.91. The lowest BCUT2D eigenvalue weighted by atomic mass is 10.2. The average Bonchev–Trinajstić information content (AvgIpc) is 2.77. The molecule has 0 spiro atoms. The standard InChI is InChI=1S/C14H16BrN3O2/c1-9-10(8-17-18(9)2)7-16-14(19)12-6-11(20-3)4-5-13(12)15/h4-6,8H,7H2,1-3H3,(H,16,19). The van der Waals surface area contributed by atoms with Gasteiger partial charge in [-0.1, -0.05) is 0 Å². The number of aromatic nitrogens is 2. The second-order valence-electron chi connectivity index (χ2n) is 4.41. The van der Waals surface area contributed by atoms with E-state index in [1.807, 2.05) is 14.0 Å². The van der Waals surface area contributed by atoms with Crippen molar-refractivity contribution in [1.82, 2.24) is 15.1 Å². The van der Waals surface area contributed by atoms with Crippen LogP contribution in [0.25, 0.3) is 0 Å². The Hall–Kier alpha value is -1.82. The molecule has 6 heteroatoms. The maximum absolute atomic E-state index is 12.2. The smallest absolute Gasteiger partial charge is 0.252 e. The summed E-state index contributed by atoms with van der Waals surface area (Å²) in [5.41, 5.74) is 2.58. The SMILES string of the molecule is COc1ccc(Br)c(C(=O)NCc2cnn(C)c2C)c1. The van der Waals surface area contributed by atoms with E-state index in [1.165, 1.54) is 0 Å². The summed E-state index contributed by atoms with van der Waals surface area (Å²) in [4.78, 5) is 12.2. The number of amides is 1. The van der Waals surface area contributed by atoms with E-state index >= 15 is 0 Å². The van der Waals surface area contributed by atoms with Crippen molar-refractivity contribution < 1.29 is 9.53 Å². The molecule has 0 aliphatic carbocycles. The number of rotatable bonds is 4. The van der Waals surface area contributed by atoms with Gasteiger partial charge in [0, 0.05) is 29.3 Å². The molecule has 5 nitrogen and oxygen atoms in total. The number of ether oxygens (including phenoxy) is 1. The molecule has 0 bridgehead atoms. The molecule has 1 amide bonds. The molecule has 2 aromatic rings. The minimum atomic E-state index is -0.154. The summed E-state index contributed by atoms with van der Waals surface area (Å²) in [5.74, 6) is 0.495. The third-order valence-corrected chi connectivity index (χ3v) is 3.89. The summed E-state index contributed by atoms with van der Waals surface area (Å²) in [6.07, 6.45) is 1.76. The molecule has 0 aliphatic heterocycles. The lowest BCUT2D eigenvalue weighted by molar-refractivity contribution is 0.0949. The monoisotopic (exact) mass is 337 g/mol. The number of methoxy groups -OCH3 is 1. The van der Waals surface area contributed by atoms with E-state index in [2.05, 4.69) is 26.3 Å². The molecule has 1 heterocycles. The second-order valence-corrected chi connectivity index (χ2v) is 5.26. The maximum Gasteiger partial charge on any atom is 0.252 e. The van der Waals surface area contributed by atoms with Crippen LogP contribution in [0.3, 0.4) is 0 Å². The molecular weight excluding hydrogens is 322 g/mol. The van der Waals surface area contributed by atoms with Crippen LogP contribution >= 0.6 is 15.9 Å². The van der Waals surface area contributed by atoms with Crippen molar-refractivity contribution in [3.8, 4) is 5.75 Å². The fourth-order valence-electron chi connectivity index (χ4n) is 1.79. The first kappa shape index (κ1) is 14.6. The van der Waals surface area contributed by atoms with Crippen molar-refractivity contribution in [2.45, 2.75) is 13.5 Å². The van der Waals surface area contributed by atoms with Crippen LogP contribution < -0.4 is 10.1 Å². The number of hydrogen-bond donors (Lipinski definition) is 1. The highest BCUT2D eigenvalue weighted by atomic mass is 79.9. The number of aryl methyl sites for hydroxylation is 1. The van der Waals surface area contributed by atoms with Crippen molar-refractivity contribution in [1.29, 1.82) is 0 Å². The molecule has 0 aliphatic rings. The number of halogens is 1. The lowest BCUT2D eigenvalue weighted by Crippen LogP contribution is -2.23. The molecular formula is C14H16BrN3O2. The van der Waals surface area contributed by atoms with Gasteiger partial charge in [0.25, 0.3) is 5.91 Å². The Labute approximate surface area is 126 Å². The third-order valence-electron chi connectivity index (χ3n) is 3.19. The van der Waals surface area contributed by atoms with Crippen LogP contribution in [0.15, 0.2) is 28.9 Å². The minimum absolute atomic E-state index is 0.154. The number of hydrogen-bond acceptors (Lipinski definition) is 3. The molecule has 0 radical (unpaired) electrons. The fraction of sp³-hybridized carbons (Fsp3) is 0.286. The summed E-state index contributed by atoms with van der Waals surface area (Å²) in [5, 5.41) is 7.03. The van der Waals surface area contributed by atoms with Crippen molar-refractivity contribution in [2.75, 3.05) is 7.11 Å². The van der Waals surface area contributed by atoms with Crippen LogP contribution in [0.5, 0.6) is 5.75 Å². The highest BCUT2D eigenvalue weighted by molar-refractivity contribution is 9.10. The molecule has 0 atom stereocenters. The Kier molecular flexibility index (Phi) is 4.44. The molecule has 106 valence electrons. The lowest BCUT2D eigenvalue weighted by Gasteiger charge is -2.08. The van der Waals surface area contributed by atoms with Gasteiger partial charge >= 0.3 is 0 Å². The van der Waals surface area contributed by atoms with E-state index in [1.54, 1.807) is 36.2 Å². The fourth-order valence-corrected chi connectivity index (χ4v) is 2.22. The minimum Gasteiger partial charge on any atom is -0.497 e. The molecule has 0 saturated carbocycles. The third kappa shape index (κ3) is 3.01. The van der Waals surface area contributed by atoms with Gasteiger partial charge in [0.15, 0.2) is 0 Å². The topological polar surface area (TPSA) is 56.1 Å². The molecule has 0 unspecified atom stereocenters. The van der Waals surface area contributed by atoms with E-state index in [-0.39, 0.29) is 5.91 Å². The van der Waals surface area contributed by atoms with Crippen LogP contribution in [-0.2, 0) is 13.6 Å². The number of carbonyl (C=O) groups excluding carboxylic acids is 1. The van der Waals surface area contributed by atoms with E-state index in [0.29, 0.717) is 17.9 Å². The highest BCUT2D eigenvalue weighted by Crippen LogP contribution is 2.22. The Bertz CT molecular complexity index is 637. The number of nitrogens with zero attached hydrogens (tertiary/aromatic N) is 2. The van der Waals surface area contributed by atoms with Crippen molar-refractivity contribution in [2.24, 2.45) is 7.05 Å². The zero-order valence-corrected chi connectivity index (χ0v) is 13.2. The van der Waals surface area contributed by atoms with E-state index < -0.39 is 0 Å². The molecule has 1 N–H and O–H groups in total. The Morgan fingerprint density at radius 2 is 2.25 bits per heavy atom. The Balaban J connectivity index is 2.10. The van der Waals surface area contributed by atoms with Gasteiger partial charge in [-0.15, -0.1) is 0 Å². The van der Waals surface area contributed by atoms with Crippen molar-refractivity contribution in [3.63, 3.8) is 0 Å². The number of carbonyl (C=O) groups is 1. The van der Waals surface area contributed by atoms with Gasteiger partial charge < -0.3 is 10.1 Å². The maximum atomic E-state index is 12.2. The van der Waals surface area contributed by atoms with Gasteiger partial charge in [-0.05, 0) is 41.1 Å². The average molecular weight is 338 g/mol. The van der Waals surface area contributed by atoms with Crippen LogP contribution in [0, 0.1) is 6.92 Å². The summed E-state index contributed by atoms with van der Waals surface area (Å²) >= 11 is 3.37. The molecule has 1 aromatic heterocycles. The van der Waals surface area contributed by atoms with Gasteiger partial charge in [0.05, 0.1) is 18.9 Å². The van der Waals surface area contributed by atoms with E-state index in [0.717, 1.165) is 15.7 Å². The van der Waals surface area contributed by atoms with Gasteiger partial charge in [-0.3, -0.25) is 9.48 Å². The van der Waals surface area contributed by atoms with Crippen molar-refractivity contribution in [3.05, 3.63) is 45.7 Å². The first-order valence-electron chi connectivity index (χ1n) is 6.12. The first-order chi connectivity index (χ1) is 9.52. The Morgan fingerprint density at radius 1 is 1.50 bits per heavy atom. The molecule has 1 aromatic carbocycles. The molecule has 0 saturated heterocycles. The van der Waals surface area contributed by atoms with Gasteiger partial charge in [-0.2, -0.15) is 5.10 Å². The number of nitrogens with one attached hydrogen (secondary N) is 1. The van der Waals surface area contributed by atoms with E-state index in [9.17, 15) is 4.79 Å². The van der Waals surface area contributed by atoms with Gasteiger partial charge in [0.1, 0.15) is 5.75 Å². The predicted molar refractivity (Wildman–Crippen MR) is 79.8 cm³/mol. The van der Waals surface area contributed by atoms with Crippen LogP contribution in [0.4, 0.5) is 0 Å². The van der Waals surface area contributed by atoms with Gasteiger partial charge in [-0.25, -0.2) is 0 Å². The normalized spacial score (nSPS) is 10.4. The second kappa shape index (κ2) is 6.09.